The van der Waals surface area contributed by atoms with E-state index in [4.69, 9.17) is 0 Å². The van der Waals surface area contributed by atoms with Crippen molar-refractivity contribution in [3.8, 4) is 0 Å². The van der Waals surface area contributed by atoms with Crippen molar-refractivity contribution < 1.29 is 4.79 Å². The third-order valence-corrected chi connectivity index (χ3v) is 6.56. The van der Waals surface area contributed by atoms with E-state index in [-0.39, 0.29) is 0 Å². The van der Waals surface area contributed by atoms with Crippen LogP contribution in [-0.2, 0) is 0 Å². The molecule has 0 heterocycles. The fraction of sp³-hybridized carbons (Fsp3) is 0.500. The van der Waals surface area contributed by atoms with Gasteiger partial charge in [0, 0.05) is 12.0 Å². The van der Waals surface area contributed by atoms with Gasteiger partial charge in [0.15, 0.2) is 5.78 Å². The molecular formula is C30H40O. The summed E-state index contributed by atoms with van der Waals surface area (Å²) in [4.78, 5) is 13.2. The maximum atomic E-state index is 13.2. The first-order valence-corrected chi connectivity index (χ1v) is 12.7. The second kappa shape index (κ2) is 13.3. The molecule has 0 radical (unpaired) electrons. The molecule has 0 N–H and O–H groups in total. The number of carbonyl (C=O) groups excluding carboxylic acids is 1. The zero-order valence-corrected chi connectivity index (χ0v) is 19.5. The van der Waals surface area contributed by atoms with Gasteiger partial charge in [0.25, 0.3) is 0 Å². The number of rotatable bonds is 15. The van der Waals surface area contributed by atoms with Crippen LogP contribution in [0.25, 0.3) is 21.5 Å². The topological polar surface area (TPSA) is 17.1 Å². The van der Waals surface area contributed by atoms with Crippen molar-refractivity contribution in [1.82, 2.24) is 0 Å². The summed E-state index contributed by atoms with van der Waals surface area (Å²) >= 11 is 0. The van der Waals surface area contributed by atoms with Crippen LogP contribution < -0.4 is 0 Å². The molecule has 0 saturated carbocycles. The molecule has 3 rings (SSSR count). The molecule has 0 saturated heterocycles. The third kappa shape index (κ3) is 7.20. The summed E-state index contributed by atoms with van der Waals surface area (Å²) in [6.45, 7) is 2.28. The first-order valence-electron chi connectivity index (χ1n) is 12.7. The first-order chi connectivity index (χ1) is 15.3. The fourth-order valence-electron chi connectivity index (χ4n) is 4.74. The summed E-state index contributed by atoms with van der Waals surface area (Å²) in [7, 11) is 0. The molecular weight excluding hydrogens is 376 g/mol. The molecule has 0 aromatic heterocycles. The maximum Gasteiger partial charge on any atom is 0.164 e. The highest BCUT2D eigenvalue weighted by molar-refractivity contribution is 6.18. The van der Waals surface area contributed by atoms with Gasteiger partial charge in [0.05, 0.1) is 0 Å². The minimum absolute atomic E-state index is 0.302. The lowest BCUT2D eigenvalue weighted by atomic mass is 9.92. The molecule has 31 heavy (non-hydrogen) atoms. The Morgan fingerprint density at radius 3 is 1.48 bits per heavy atom. The molecule has 0 spiro atoms. The highest BCUT2D eigenvalue weighted by Gasteiger charge is 2.14. The second-order valence-corrected chi connectivity index (χ2v) is 9.11. The lowest BCUT2D eigenvalue weighted by molar-refractivity contribution is 0.0982. The zero-order valence-electron chi connectivity index (χ0n) is 19.5. The Bertz CT molecular complexity index is 885. The van der Waals surface area contributed by atoms with Crippen molar-refractivity contribution in [2.24, 2.45) is 0 Å². The molecule has 0 amide bonds. The van der Waals surface area contributed by atoms with Gasteiger partial charge in [-0.2, -0.15) is 0 Å². The van der Waals surface area contributed by atoms with E-state index < -0.39 is 0 Å². The smallest absolute Gasteiger partial charge is 0.164 e. The predicted octanol–water partition coefficient (Wildman–Crippen LogP) is 9.66. The van der Waals surface area contributed by atoms with Crippen molar-refractivity contribution in [1.29, 1.82) is 0 Å². The maximum absolute atomic E-state index is 13.2. The molecule has 3 aromatic rings. The lowest BCUT2D eigenvalue weighted by Gasteiger charge is -2.11. The number of benzene rings is 3. The Balaban J connectivity index is 1.38. The van der Waals surface area contributed by atoms with Crippen molar-refractivity contribution in [3.05, 3.63) is 60.2 Å². The normalized spacial score (nSPS) is 11.4. The molecule has 1 nitrogen and oxygen atoms in total. The number of ketones is 1. The molecule has 0 aliphatic rings. The number of fused-ring (bicyclic) bond motifs is 2. The molecule has 0 atom stereocenters. The standard InChI is InChI=1S/C30H40O/c1-2-3-4-5-6-7-8-9-10-11-12-13-14-23-29(31)30-27-21-17-15-19-25(27)24-26-20-16-18-22-28(26)30/h15-22,24H,2-14,23H2,1H3. The van der Waals surface area contributed by atoms with Crippen LogP contribution in [0.3, 0.4) is 0 Å². The van der Waals surface area contributed by atoms with E-state index in [9.17, 15) is 4.79 Å². The van der Waals surface area contributed by atoms with E-state index in [2.05, 4.69) is 49.4 Å². The van der Waals surface area contributed by atoms with E-state index in [0.717, 1.165) is 33.5 Å². The van der Waals surface area contributed by atoms with Crippen LogP contribution in [0.5, 0.6) is 0 Å². The van der Waals surface area contributed by atoms with Crippen molar-refractivity contribution in [2.75, 3.05) is 0 Å². The van der Waals surface area contributed by atoms with Crippen LogP contribution in [-0.4, -0.2) is 5.78 Å². The average molecular weight is 417 g/mol. The van der Waals surface area contributed by atoms with Gasteiger partial charge in [-0.3, -0.25) is 4.79 Å². The van der Waals surface area contributed by atoms with Crippen LogP contribution in [0.1, 0.15) is 107 Å². The van der Waals surface area contributed by atoms with Crippen molar-refractivity contribution >= 4 is 27.3 Å². The zero-order chi connectivity index (χ0) is 21.7. The number of unbranched alkanes of at least 4 members (excludes halogenated alkanes) is 12. The number of hydrogen-bond donors (Lipinski definition) is 0. The van der Waals surface area contributed by atoms with Gasteiger partial charge in [-0.1, -0.05) is 133 Å². The molecule has 3 aromatic carbocycles. The van der Waals surface area contributed by atoms with Crippen LogP contribution in [0, 0.1) is 0 Å². The van der Waals surface area contributed by atoms with Crippen LogP contribution in [0.15, 0.2) is 54.6 Å². The number of carbonyl (C=O) groups is 1. The van der Waals surface area contributed by atoms with Crippen LogP contribution in [0.4, 0.5) is 0 Å². The number of hydrogen-bond acceptors (Lipinski definition) is 1. The first kappa shape index (κ1) is 23.5. The molecule has 166 valence electrons. The Morgan fingerprint density at radius 2 is 1.00 bits per heavy atom. The summed E-state index contributed by atoms with van der Waals surface area (Å²) in [5.41, 5.74) is 0.924. The van der Waals surface area contributed by atoms with Crippen molar-refractivity contribution in [3.63, 3.8) is 0 Å². The van der Waals surface area contributed by atoms with Crippen LogP contribution >= 0.6 is 0 Å². The van der Waals surface area contributed by atoms with E-state index in [1.54, 1.807) is 0 Å². The van der Waals surface area contributed by atoms with Gasteiger partial charge in [0.1, 0.15) is 0 Å². The summed E-state index contributed by atoms with van der Waals surface area (Å²) in [6.07, 6.45) is 18.0. The van der Waals surface area contributed by atoms with Gasteiger partial charge in [0.2, 0.25) is 0 Å². The monoisotopic (exact) mass is 416 g/mol. The molecule has 0 fully saturated rings. The third-order valence-electron chi connectivity index (χ3n) is 6.56. The molecule has 0 aliphatic carbocycles. The van der Waals surface area contributed by atoms with Gasteiger partial charge in [-0.15, -0.1) is 0 Å². The van der Waals surface area contributed by atoms with E-state index >= 15 is 0 Å². The van der Waals surface area contributed by atoms with Gasteiger partial charge < -0.3 is 0 Å². The Labute approximate surface area is 189 Å². The molecule has 0 aliphatic heterocycles. The van der Waals surface area contributed by atoms with E-state index in [1.165, 1.54) is 77.0 Å². The summed E-state index contributed by atoms with van der Waals surface area (Å²) in [5, 5.41) is 4.52. The predicted molar refractivity (Wildman–Crippen MR) is 136 cm³/mol. The minimum Gasteiger partial charge on any atom is -0.294 e. The Kier molecular flexibility index (Phi) is 10.1. The van der Waals surface area contributed by atoms with Gasteiger partial charge in [-0.25, -0.2) is 0 Å². The van der Waals surface area contributed by atoms with E-state index in [1.807, 2.05) is 12.1 Å². The quantitative estimate of drug-likeness (QED) is 0.137. The fourth-order valence-corrected chi connectivity index (χ4v) is 4.74. The molecule has 0 bridgehead atoms. The number of Topliss-reactive ketones (excluding diaryl/α,β-unsaturated/α-hetero) is 1. The highest BCUT2D eigenvalue weighted by Crippen LogP contribution is 2.30. The Hall–Kier alpha value is -2.15. The van der Waals surface area contributed by atoms with Crippen molar-refractivity contribution in [2.45, 2.75) is 96.8 Å². The van der Waals surface area contributed by atoms with Gasteiger partial charge in [-0.05, 0) is 34.0 Å². The van der Waals surface area contributed by atoms with Gasteiger partial charge >= 0.3 is 0 Å². The minimum atomic E-state index is 0.302. The van der Waals surface area contributed by atoms with Crippen LogP contribution in [0.2, 0.25) is 0 Å². The van der Waals surface area contributed by atoms with E-state index in [0.29, 0.717) is 12.2 Å². The summed E-state index contributed by atoms with van der Waals surface area (Å²) in [6, 6.07) is 18.8. The molecule has 0 unspecified atom stereocenters. The summed E-state index contributed by atoms with van der Waals surface area (Å²) in [5.74, 6) is 0.302. The second-order valence-electron chi connectivity index (χ2n) is 9.11. The SMILES string of the molecule is CCCCCCCCCCCCCCCC(=O)c1c2ccccc2cc2ccccc12. The Morgan fingerprint density at radius 1 is 0.581 bits per heavy atom. The highest BCUT2D eigenvalue weighted by atomic mass is 16.1. The largest absolute Gasteiger partial charge is 0.294 e. The average Bonchev–Trinajstić information content (AvgIpc) is 2.80. The summed E-state index contributed by atoms with van der Waals surface area (Å²) < 4.78 is 0. The molecule has 1 heteroatoms. The lowest BCUT2D eigenvalue weighted by Crippen LogP contribution is -2.01.